The molecule has 0 unspecified atom stereocenters. The molecule has 3 amide bonds. The van der Waals surface area contributed by atoms with Crippen molar-refractivity contribution in [3.63, 3.8) is 0 Å². The van der Waals surface area contributed by atoms with E-state index in [1.54, 1.807) is 0 Å². The molecule has 1 saturated carbocycles. The molecule has 170 valence electrons. The molecule has 2 atom stereocenters. The number of halogens is 1. The molecule has 0 bridgehead atoms. The molecule has 3 aliphatic rings. The Hall–Kier alpha value is -1.83. The van der Waals surface area contributed by atoms with Gasteiger partial charge in [0.15, 0.2) is 0 Å². The van der Waals surface area contributed by atoms with Crippen molar-refractivity contribution >= 4 is 23.5 Å². The zero-order chi connectivity index (χ0) is 22.0. The lowest BCUT2D eigenvalue weighted by atomic mass is 9.67. The van der Waals surface area contributed by atoms with Gasteiger partial charge >= 0.3 is 6.03 Å². The molecule has 7 nitrogen and oxygen atoms in total. The first-order chi connectivity index (χ1) is 14.9. The molecule has 31 heavy (non-hydrogen) atoms. The highest BCUT2D eigenvalue weighted by atomic mass is 35.5. The van der Waals surface area contributed by atoms with Gasteiger partial charge in [0.2, 0.25) is 0 Å². The normalized spacial score (nSPS) is 27.0. The molecule has 0 radical (unpaired) electrons. The fourth-order valence-electron chi connectivity index (χ4n) is 5.26. The van der Waals surface area contributed by atoms with Crippen molar-refractivity contribution in [3.05, 3.63) is 29.3 Å². The van der Waals surface area contributed by atoms with Gasteiger partial charge in [0.25, 0.3) is 5.91 Å². The van der Waals surface area contributed by atoms with Crippen LogP contribution in [0.1, 0.15) is 33.1 Å². The zero-order valence-electron chi connectivity index (χ0n) is 18.5. The minimum absolute atomic E-state index is 0.0315. The molecular formula is C23H33ClN4O3. The molecule has 3 fully saturated rings. The third kappa shape index (κ3) is 4.54. The average Bonchev–Trinajstić information content (AvgIpc) is 3.00. The summed E-state index contributed by atoms with van der Waals surface area (Å²) in [5, 5.41) is 3.79. The van der Waals surface area contributed by atoms with Crippen LogP contribution >= 0.6 is 11.6 Å². The first kappa shape index (κ1) is 22.4. The maximum atomic E-state index is 13.3. The highest BCUT2D eigenvalue weighted by Gasteiger charge is 2.58. The third-order valence-electron chi connectivity index (χ3n) is 7.28. The predicted octanol–water partition coefficient (Wildman–Crippen LogP) is 3.04. The van der Waals surface area contributed by atoms with Crippen LogP contribution in [-0.4, -0.2) is 78.2 Å². The van der Waals surface area contributed by atoms with Crippen LogP contribution in [0.2, 0.25) is 5.02 Å². The number of nitrogens with zero attached hydrogens (tertiary/aromatic N) is 3. The van der Waals surface area contributed by atoms with E-state index in [0.29, 0.717) is 18.3 Å². The average molecular weight is 449 g/mol. The number of amides is 3. The van der Waals surface area contributed by atoms with E-state index in [4.69, 9.17) is 16.3 Å². The topological polar surface area (TPSA) is 65.1 Å². The van der Waals surface area contributed by atoms with Crippen LogP contribution in [0.5, 0.6) is 5.75 Å². The van der Waals surface area contributed by atoms with Crippen molar-refractivity contribution in [1.29, 1.82) is 0 Å². The van der Waals surface area contributed by atoms with Gasteiger partial charge in [-0.05, 0) is 48.9 Å². The van der Waals surface area contributed by atoms with Crippen molar-refractivity contribution in [2.75, 3.05) is 46.0 Å². The van der Waals surface area contributed by atoms with Crippen molar-refractivity contribution in [2.24, 2.45) is 11.8 Å². The van der Waals surface area contributed by atoms with Gasteiger partial charge in [-0.3, -0.25) is 14.6 Å². The number of rotatable bonds is 6. The fourth-order valence-corrected chi connectivity index (χ4v) is 5.38. The molecule has 2 aliphatic heterocycles. The molecule has 1 aromatic carbocycles. The maximum absolute atomic E-state index is 13.3. The summed E-state index contributed by atoms with van der Waals surface area (Å²) in [7, 11) is 0. The zero-order valence-corrected chi connectivity index (χ0v) is 19.2. The Balaban J connectivity index is 1.24. The quantitative estimate of drug-likeness (QED) is 0.677. The van der Waals surface area contributed by atoms with Gasteiger partial charge in [-0.1, -0.05) is 31.9 Å². The number of benzene rings is 1. The first-order valence-corrected chi connectivity index (χ1v) is 11.7. The second-order valence-corrected chi connectivity index (χ2v) is 9.61. The lowest BCUT2D eigenvalue weighted by Gasteiger charge is -2.42. The second-order valence-electron chi connectivity index (χ2n) is 9.17. The summed E-state index contributed by atoms with van der Waals surface area (Å²) in [5.41, 5.74) is -0.712. The van der Waals surface area contributed by atoms with Crippen LogP contribution in [0.4, 0.5) is 4.79 Å². The first-order valence-electron chi connectivity index (χ1n) is 11.4. The molecular weight excluding hydrogens is 416 g/mol. The molecule has 8 heteroatoms. The number of carbonyl (C=O) groups is 2. The molecule has 1 aliphatic carbocycles. The summed E-state index contributed by atoms with van der Waals surface area (Å²) in [6, 6.07) is 7.16. The Kier molecular flexibility index (Phi) is 6.74. The van der Waals surface area contributed by atoms with Crippen molar-refractivity contribution in [3.8, 4) is 5.75 Å². The monoisotopic (exact) mass is 448 g/mol. The van der Waals surface area contributed by atoms with Crippen molar-refractivity contribution in [2.45, 2.75) is 38.6 Å². The van der Waals surface area contributed by atoms with Gasteiger partial charge in [-0.25, -0.2) is 9.69 Å². The van der Waals surface area contributed by atoms with E-state index in [0.717, 1.165) is 57.7 Å². The Morgan fingerprint density at radius 1 is 1.03 bits per heavy atom. The Labute approximate surface area is 189 Å². The highest BCUT2D eigenvalue weighted by Crippen LogP contribution is 2.42. The van der Waals surface area contributed by atoms with Gasteiger partial charge in [0.1, 0.15) is 17.9 Å². The van der Waals surface area contributed by atoms with E-state index in [1.165, 1.54) is 4.90 Å². The van der Waals surface area contributed by atoms with Crippen LogP contribution in [0, 0.1) is 11.8 Å². The fraction of sp³-hybridized carbons (Fsp3) is 0.652. The summed E-state index contributed by atoms with van der Waals surface area (Å²) in [5.74, 6) is 1.14. The van der Waals surface area contributed by atoms with Crippen LogP contribution in [0.15, 0.2) is 24.3 Å². The van der Waals surface area contributed by atoms with Gasteiger partial charge in [0, 0.05) is 37.7 Å². The SMILES string of the molecule is C[C@@H]1CCC[C@@H](C)C12NC(=O)N(CN1CCN(CCOc3ccc(Cl)cc3)CC1)C2=O. The molecule has 2 saturated heterocycles. The highest BCUT2D eigenvalue weighted by molar-refractivity contribution is 6.30. The van der Waals surface area contributed by atoms with Gasteiger partial charge < -0.3 is 10.1 Å². The molecule has 1 spiro atoms. The van der Waals surface area contributed by atoms with Crippen molar-refractivity contribution in [1.82, 2.24) is 20.0 Å². The summed E-state index contributed by atoms with van der Waals surface area (Å²) < 4.78 is 5.79. The Morgan fingerprint density at radius 2 is 1.65 bits per heavy atom. The number of urea groups is 1. The third-order valence-corrected chi connectivity index (χ3v) is 7.54. The largest absolute Gasteiger partial charge is 0.492 e. The smallest absolute Gasteiger partial charge is 0.326 e. The minimum atomic E-state index is -0.712. The second kappa shape index (κ2) is 9.35. The summed E-state index contributed by atoms with van der Waals surface area (Å²) in [6.45, 7) is 9.49. The van der Waals surface area contributed by atoms with Gasteiger partial charge in [0.05, 0.1) is 6.67 Å². The van der Waals surface area contributed by atoms with Crippen LogP contribution < -0.4 is 10.1 Å². The van der Waals surface area contributed by atoms with Crippen molar-refractivity contribution < 1.29 is 14.3 Å². The van der Waals surface area contributed by atoms with E-state index in [-0.39, 0.29) is 23.8 Å². The molecule has 4 rings (SSSR count). The van der Waals surface area contributed by atoms with Gasteiger partial charge in [-0.15, -0.1) is 0 Å². The molecule has 2 heterocycles. The predicted molar refractivity (Wildman–Crippen MR) is 120 cm³/mol. The number of piperazine rings is 1. The lowest BCUT2D eigenvalue weighted by Crippen LogP contribution is -2.59. The molecule has 1 aromatic rings. The van der Waals surface area contributed by atoms with E-state index in [1.807, 2.05) is 24.3 Å². The molecule has 1 N–H and O–H groups in total. The number of hydrogen-bond donors (Lipinski definition) is 1. The number of imide groups is 1. The standard InChI is InChI=1S/C23H33ClN4O3/c1-17-4-3-5-18(2)23(17)21(29)28(22(30)25-23)16-27-12-10-26(11-13-27)14-15-31-20-8-6-19(24)7-9-20/h6-9,17-18H,3-5,10-16H2,1-2H3,(H,25,30)/t17-,18-/m1/s1. The molecule has 0 aromatic heterocycles. The van der Waals surface area contributed by atoms with Crippen LogP contribution in [0.3, 0.4) is 0 Å². The van der Waals surface area contributed by atoms with E-state index in [9.17, 15) is 9.59 Å². The Bertz CT molecular complexity index is 785. The number of hydrogen-bond acceptors (Lipinski definition) is 5. The van der Waals surface area contributed by atoms with E-state index in [2.05, 4.69) is 29.0 Å². The maximum Gasteiger partial charge on any atom is 0.326 e. The summed E-state index contributed by atoms with van der Waals surface area (Å²) in [4.78, 5) is 32.0. The van der Waals surface area contributed by atoms with Crippen LogP contribution in [0.25, 0.3) is 0 Å². The number of nitrogens with one attached hydrogen (secondary N) is 1. The Morgan fingerprint density at radius 3 is 2.29 bits per heavy atom. The number of carbonyl (C=O) groups excluding carboxylic acids is 2. The van der Waals surface area contributed by atoms with E-state index < -0.39 is 5.54 Å². The summed E-state index contributed by atoms with van der Waals surface area (Å²) in [6.07, 6.45) is 3.10. The summed E-state index contributed by atoms with van der Waals surface area (Å²) >= 11 is 5.90. The van der Waals surface area contributed by atoms with Crippen LogP contribution in [-0.2, 0) is 4.79 Å². The van der Waals surface area contributed by atoms with Gasteiger partial charge in [-0.2, -0.15) is 0 Å². The minimum Gasteiger partial charge on any atom is -0.492 e. The lowest BCUT2D eigenvalue weighted by molar-refractivity contribution is -0.138. The van der Waals surface area contributed by atoms with E-state index >= 15 is 0 Å². The number of ether oxygens (including phenoxy) is 1.